The second-order valence-electron chi connectivity index (χ2n) is 6.20. The van der Waals surface area contributed by atoms with E-state index in [1.165, 1.54) is 35.2 Å². The summed E-state index contributed by atoms with van der Waals surface area (Å²) >= 11 is 6.40. The van der Waals surface area contributed by atoms with Crippen molar-refractivity contribution in [1.82, 2.24) is 15.5 Å². The van der Waals surface area contributed by atoms with Gasteiger partial charge >= 0.3 is 0 Å². The molecule has 148 valence electrons. The molecular formula is C20H15BrFN3O2S2. The number of amides is 1. The van der Waals surface area contributed by atoms with E-state index < -0.39 is 0 Å². The first-order chi connectivity index (χ1) is 14.0. The van der Waals surface area contributed by atoms with Gasteiger partial charge in [0.15, 0.2) is 10.1 Å². The zero-order valence-electron chi connectivity index (χ0n) is 15.2. The SMILES string of the molecule is Cc1nnc(SCc2c(C(=O)NCc3cc(F)ccc3Br)oc3ccccc23)s1. The number of fused-ring (bicyclic) bond motifs is 1. The fraction of sp³-hybridized carbons (Fsp3) is 0.150. The normalized spacial score (nSPS) is 11.1. The third kappa shape index (κ3) is 4.52. The van der Waals surface area contributed by atoms with E-state index >= 15 is 0 Å². The minimum atomic E-state index is -0.356. The van der Waals surface area contributed by atoms with Crippen molar-refractivity contribution in [3.05, 3.63) is 74.6 Å². The van der Waals surface area contributed by atoms with E-state index in [2.05, 4.69) is 31.4 Å². The van der Waals surface area contributed by atoms with Gasteiger partial charge in [-0.3, -0.25) is 4.79 Å². The van der Waals surface area contributed by atoms with Crippen LogP contribution >= 0.6 is 39.0 Å². The fourth-order valence-electron chi connectivity index (χ4n) is 2.83. The van der Waals surface area contributed by atoms with Gasteiger partial charge in [-0.1, -0.05) is 57.2 Å². The third-order valence-electron chi connectivity index (χ3n) is 4.20. The Morgan fingerprint density at radius 1 is 1.28 bits per heavy atom. The number of nitrogens with zero attached hydrogens (tertiary/aromatic N) is 2. The molecule has 0 saturated heterocycles. The number of carbonyl (C=O) groups is 1. The maximum Gasteiger partial charge on any atom is 0.287 e. The molecule has 0 spiro atoms. The zero-order valence-corrected chi connectivity index (χ0v) is 18.5. The highest BCUT2D eigenvalue weighted by atomic mass is 79.9. The van der Waals surface area contributed by atoms with E-state index in [4.69, 9.17) is 4.42 Å². The molecule has 4 aromatic rings. The van der Waals surface area contributed by atoms with Gasteiger partial charge in [-0.15, -0.1) is 10.2 Å². The number of thioether (sulfide) groups is 1. The highest BCUT2D eigenvalue weighted by Crippen LogP contribution is 2.33. The largest absolute Gasteiger partial charge is 0.451 e. The average molecular weight is 492 g/mol. The van der Waals surface area contributed by atoms with Gasteiger partial charge in [0.2, 0.25) is 0 Å². The molecule has 0 saturated carbocycles. The van der Waals surface area contributed by atoms with Gasteiger partial charge in [0.05, 0.1) is 0 Å². The molecule has 5 nitrogen and oxygen atoms in total. The van der Waals surface area contributed by atoms with Crippen LogP contribution in [0.3, 0.4) is 0 Å². The van der Waals surface area contributed by atoms with Crippen molar-refractivity contribution < 1.29 is 13.6 Å². The van der Waals surface area contributed by atoms with E-state index in [0.29, 0.717) is 16.9 Å². The summed E-state index contributed by atoms with van der Waals surface area (Å²) in [5.74, 6) is 0.0809. The Kier molecular flexibility index (Phi) is 5.98. The van der Waals surface area contributed by atoms with Crippen molar-refractivity contribution in [2.45, 2.75) is 23.6 Å². The molecule has 29 heavy (non-hydrogen) atoms. The number of hydrogen-bond donors (Lipinski definition) is 1. The van der Waals surface area contributed by atoms with Gasteiger partial charge in [0, 0.05) is 27.7 Å². The summed E-state index contributed by atoms with van der Waals surface area (Å²) in [5.41, 5.74) is 2.10. The first-order valence-electron chi connectivity index (χ1n) is 8.66. The maximum atomic E-state index is 13.5. The lowest BCUT2D eigenvalue weighted by molar-refractivity contribution is 0.0924. The number of hydrogen-bond acceptors (Lipinski definition) is 6. The molecule has 0 bridgehead atoms. The first kappa shape index (κ1) is 20.1. The molecule has 0 radical (unpaired) electrons. The number of aromatic nitrogens is 2. The lowest BCUT2D eigenvalue weighted by Gasteiger charge is -2.07. The van der Waals surface area contributed by atoms with Gasteiger partial charge in [0.25, 0.3) is 5.91 Å². The molecule has 0 atom stereocenters. The van der Waals surface area contributed by atoms with E-state index in [0.717, 1.165) is 24.8 Å². The monoisotopic (exact) mass is 491 g/mol. The van der Waals surface area contributed by atoms with Gasteiger partial charge in [0.1, 0.15) is 16.4 Å². The number of furan rings is 1. The summed E-state index contributed by atoms with van der Waals surface area (Å²) in [5, 5.41) is 12.8. The Morgan fingerprint density at radius 2 is 2.10 bits per heavy atom. The van der Waals surface area contributed by atoms with E-state index in [1.807, 2.05) is 31.2 Å². The lowest BCUT2D eigenvalue weighted by Crippen LogP contribution is -2.23. The Labute approximate surface area is 182 Å². The summed E-state index contributed by atoms with van der Waals surface area (Å²) in [4.78, 5) is 12.9. The highest BCUT2D eigenvalue weighted by Gasteiger charge is 2.21. The quantitative estimate of drug-likeness (QED) is 0.349. The fourth-order valence-corrected chi connectivity index (χ4v) is 5.06. The predicted molar refractivity (Wildman–Crippen MR) is 116 cm³/mol. The Balaban J connectivity index is 1.58. The molecule has 0 fully saturated rings. The van der Waals surface area contributed by atoms with Crippen LogP contribution in [0.4, 0.5) is 4.39 Å². The summed E-state index contributed by atoms with van der Waals surface area (Å²) in [6.45, 7) is 2.08. The zero-order chi connectivity index (χ0) is 20.4. The molecule has 0 aliphatic carbocycles. The van der Waals surface area contributed by atoms with Crippen molar-refractivity contribution in [3.63, 3.8) is 0 Å². The molecule has 1 N–H and O–H groups in total. The summed E-state index contributed by atoms with van der Waals surface area (Å²) in [6, 6.07) is 11.9. The molecule has 0 aliphatic rings. The van der Waals surface area contributed by atoms with Crippen molar-refractivity contribution in [2.24, 2.45) is 0 Å². The van der Waals surface area contributed by atoms with Crippen LogP contribution in [0.15, 0.2) is 55.7 Å². The first-order valence-corrected chi connectivity index (χ1v) is 11.3. The number of carbonyl (C=O) groups excluding carboxylic acids is 1. The van der Waals surface area contributed by atoms with Crippen LogP contribution in [0, 0.1) is 12.7 Å². The van der Waals surface area contributed by atoms with Crippen LogP contribution < -0.4 is 5.32 Å². The van der Waals surface area contributed by atoms with Crippen molar-refractivity contribution in [2.75, 3.05) is 0 Å². The number of para-hydroxylation sites is 1. The lowest BCUT2D eigenvalue weighted by atomic mass is 10.1. The van der Waals surface area contributed by atoms with E-state index in [9.17, 15) is 9.18 Å². The summed E-state index contributed by atoms with van der Waals surface area (Å²) < 4.78 is 20.9. The second-order valence-corrected chi connectivity index (χ2v) is 9.46. The average Bonchev–Trinajstić information content (AvgIpc) is 3.30. The summed E-state index contributed by atoms with van der Waals surface area (Å²) in [6.07, 6.45) is 0. The number of benzene rings is 2. The predicted octanol–water partition coefficient (Wildman–Crippen LogP) is 5.72. The third-order valence-corrected chi connectivity index (χ3v) is 6.97. The Hall–Kier alpha value is -2.23. The van der Waals surface area contributed by atoms with Gasteiger partial charge in [-0.25, -0.2) is 4.39 Å². The maximum absolute atomic E-state index is 13.5. The summed E-state index contributed by atoms with van der Waals surface area (Å²) in [7, 11) is 0. The molecule has 0 aliphatic heterocycles. The van der Waals surface area contributed by atoms with Gasteiger partial charge in [-0.05, 0) is 36.8 Å². The van der Waals surface area contributed by atoms with Gasteiger partial charge < -0.3 is 9.73 Å². The van der Waals surface area contributed by atoms with Crippen molar-refractivity contribution in [3.8, 4) is 0 Å². The van der Waals surface area contributed by atoms with Crippen molar-refractivity contribution in [1.29, 1.82) is 0 Å². The minimum Gasteiger partial charge on any atom is -0.451 e. The van der Waals surface area contributed by atoms with E-state index in [1.54, 1.807) is 6.07 Å². The van der Waals surface area contributed by atoms with Crippen LogP contribution in [-0.2, 0) is 12.3 Å². The van der Waals surface area contributed by atoms with Crippen LogP contribution in [0.25, 0.3) is 11.0 Å². The van der Waals surface area contributed by atoms with Gasteiger partial charge in [-0.2, -0.15) is 0 Å². The topological polar surface area (TPSA) is 68.0 Å². The molecule has 2 aromatic carbocycles. The molecule has 0 unspecified atom stereocenters. The molecule has 9 heteroatoms. The number of halogens is 2. The Bertz CT molecular complexity index is 1190. The minimum absolute atomic E-state index is 0.177. The van der Waals surface area contributed by atoms with Crippen LogP contribution in [0.1, 0.15) is 26.7 Å². The van der Waals surface area contributed by atoms with Crippen LogP contribution in [0.2, 0.25) is 0 Å². The van der Waals surface area contributed by atoms with Crippen LogP contribution in [0.5, 0.6) is 0 Å². The molecule has 2 heterocycles. The molecule has 2 aromatic heterocycles. The Morgan fingerprint density at radius 3 is 2.90 bits per heavy atom. The second kappa shape index (κ2) is 8.64. The highest BCUT2D eigenvalue weighted by molar-refractivity contribution is 9.10. The van der Waals surface area contributed by atoms with Crippen LogP contribution in [-0.4, -0.2) is 16.1 Å². The van der Waals surface area contributed by atoms with Crippen molar-refractivity contribution >= 4 is 55.9 Å². The molecule has 4 rings (SSSR count). The molecule has 1 amide bonds. The number of aryl methyl sites for hydroxylation is 1. The van der Waals surface area contributed by atoms with E-state index in [-0.39, 0.29) is 24.0 Å². The number of rotatable bonds is 6. The smallest absolute Gasteiger partial charge is 0.287 e. The standard InChI is InChI=1S/C20H15BrFN3O2S2/c1-11-24-25-20(29-11)28-10-15-14-4-2-3-5-17(14)27-18(15)19(26)23-9-12-8-13(22)6-7-16(12)21/h2-8H,9-10H2,1H3,(H,23,26). The molecular weight excluding hydrogens is 477 g/mol. The number of nitrogens with one attached hydrogen (secondary N) is 1.